The van der Waals surface area contributed by atoms with Crippen LogP contribution < -0.4 is 4.72 Å². The lowest BCUT2D eigenvalue weighted by atomic mass is 9.85. The van der Waals surface area contributed by atoms with E-state index in [9.17, 15) is 8.42 Å². The van der Waals surface area contributed by atoms with Gasteiger partial charge in [-0.15, -0.1) is 0 Å². The van der Waals surface area contributed by atoms with Crippen molar-refractivity contribution in [2.75, 3.05) is 13.7 Å². The molecule has 0 radical (unpaired) electrons. The first kappa shape index (κ1) is 12.9. The first-order valence-electron chi connectivity index (χ1n) is 5.31. The van der Waals surface area contributed by atoms with Crippen molar-refractivity contribution >= 4 is 10.0 Å². The third kappa shape index (κ3) is 3.16. The van der Waals surface area contributed by atoms with Gasteiger partial charge in [-0.3, -0.25) is 0 Å². The maximum Gasteiger partial charge on any atom is 0.214 e. The molecule has 0 aromatic heterocycles. The van der Waals surface area contributed by atoms with Crippen LogP contribution in [0.3, 0.4) is 0 Å². The number of ether oxygens (including phenoxy) is 1. The Kier molecular flexibility index (Phi) is 3.79. The predicted octanol–water partition coefficient (Wildman–Crippen LogP) is 1.13. The molecule has 2 unspecified atom stereocenters. The maximum absolute atomic E-state index is 11.7. The van der Waals surface area contributed by atoms with Crippen LogP contribution in [0.4, 0.5) is 0 Å². The SMILES string of the molecule is CNS(=O)(=O)C1CCOC(C(C)(C)C)C1. The Morgan fingerprint density at radius 3 is 2.40 bits per heavy atom. The number of sulfonamides is 1. The molecule has 2 atom stereocenters. The van der Waals surface area contributed by atoms with E-state index in [1.54, 1.807) is 0 Å². The minimum absolute atomic E-state index is 0.00192. The van der Waals surface area contributed by atoms with Crippen LogP contribution in [0.1, 0.15) is 33.6 Å². The molecule has 1 N–H and O–H groups in total. The molecule has 4 nitrogen and oxygen atoms in total. The van der Waals surface area contributed by atoms with Crippen molar-refractivity contribution in [3.63, 3.8) is 0 Å². The Bertz CT molecular complexity index is 305. The van der Waals surface area contributed by atoms with E-state index >= 15 is 0 Å². The number of hydrogen-bond donors (Lipinski definition) is 1. The van der Waals surface area contributed by atoms with Gasteiger partial charge in [0.05, 0.1) is 11.4 Å². The van der Waals surface area contributed by atoms with E-state index < -0.39 is 10.0 Å². The van der Waals surface area contributed by atoms with Gasteiger partial charge < -0.3 is 4.74 Å². The van der Waals surface area contributed by atoms with Crippen LogP contribution in [0.25, 0.3) is 0 Å². The Balaban J connectivity index is 2.73. The molecule has 1 saturated heterocycles. The Hall–Kier alpha value is -0.130. The van der Waals surface area contributed by atoms with E-state index in [4.69, 9.17) is 4.74 Å². The summed E-state index contributed by atoms with van der Waals surface area (Å²) in [4.78, 5) is 0. The topological polar surface area (TPSA) is 55.4 Å². The van der Waals surface area contributed by atoms with E-state index in [1.165, 1.54) is 7.05 Å². The van der Waals surface area contributed by atoms with Crippen molar-refractivity contribution in [1.82, 2.24) is 4.72 Å². The molecule has 5 heteroatoms. The van der Waals surface area contributed by atoms with Gasteiger partial charge in [0, 0.05) is 6.61 Å². The normalized spacial score (nSPS) is 29.1. The zero-order chi connectivity index (χ0) is 11.7. The van der Waals surface area contributed by atoms with Crippen molar-refractivity contribution in [2.24, 2.45) is 5.41 Å². The first-order valence-corrected chi connectivity index (χ1v) is 6.86. The van der Waals surface area contributed by atoms with Gasteiger partial charge in [0.2, 0.25) is 10.0 Å². The van der Waals surface area contributed by atoms with Crippen LogP contribution in [-0.2, 0) is 14.8 Å². The molecular formula is C10H21NO3S. The first-order chi connectivity index (χ1) is 6.77. The third-order valence-corrected chi connectivity index (χ3v) is 4.80. The number of nitrogens with one attached hydrogen (secondary N) is 1. The molecule has 1 aliphatic heterocycles. The molecule has 0 saturated carbocycles. The minimum Gasteiger partial charge on any atom is -0.378 e. The van der Waals surface area contributed by atoms with Crippen molar-refractivity contribution in [1.29, 1.82) is 0 Å². The smallest absolute Gasteiger partial charge is 0.214 e. The van der Waals surface area contributed by atoms with Gasteiger partial charge in [0.25, 0.3) is 0 Å². The third-order valence-electron chi connectivity index (χ3n) is 2.93. The lowest BCUT2D eigenvalue weighted by molar-refractivity contribution is -0.0460. The fraction of sp³-hybridized carbons (Fsp3) is 1.00. The highest BCUT2D eigenvalue weighted by Crippen LogP contribution is 2.31. The summed E-state index contributed by atoms with van der Waals surface area (Å²) in [7, 11) is -1.68. The molecule has 1 rings (SSSR count). The van der Waals surface area contributed by atoms with Crippen LogP contribution in [0.5, 0.6) is 0 Å². The molecule has 0 aromatic carbocycles. The largest absolute Gasteiger partial charge is 0.378 e. The van der Waals surface area contributed by atoms with Crippen molar-refractivity contribution in [2.45, 2.75) is 45.0 Å². The van der Waals surface area contributed by atoms with Gasteiger partial charge in [-0.25, -0.2) is 13.1 Å². The summed E-state index contributed by atoms with van der Waals surface area (Å²) < 4.78 is 31.3. The van der Waals surface area contributed by atoms with Crippen LogP contribution in [0.2, 0.25) is 0 Å². The second-order valence-corrected chi connectivity index (χ2v) is 7.29. The monoisotopic (exact) mass is 235 g/mol. The molecule has 90 valence electrons. The Labute approximate surface area is 92.4 Å². The molecule has 0 amide bonds. The predicted molar refractivity (Wildman–Crippen MR) is 60.2 cm³/mol. The molecule has 15 heavy (non-hydrogen) atoms. The van der Waals surface area contributed by atoms with Gasteiger partial charge in [-0.1, -0.05) is 20.8 Å². The van der Waals surface area contributed by atoms with Gasteiger partial charge in [-0.2, -0.15) is 0 Å². The lowest BCUT2D eigenvalue weighted by Gasteiger charge is -2.37. The molecule has 0 bridgehead atoms. The van der Waals surface area contributed by atoms with Gasteiger partial charge in [0.1, 0.15) is 0 Å². The van der Waals surface area contributed by atoms with Crippen LogP contribution >= 0.6 is 0 Å². The summed E-state index contributed by atoms with van der Waals surface area (Å²) in [5, 5.41) is -0.305. The summed E-state index contributed by atoms with van der Waals surface area (Å²) in [6.07, 6.45) is 1.21. The lowest BCUT2D eigenvalue weighted by Crippen LogP contribution is -2.43. The van der Waals surface area contributed by atoms with Gasteiger partial charge in [0.15, 0.2) is 0 Å². The second-order valence-electron chi connectivity index (χ2n) is 5.12. The quantitative estimate of drug-likeness (QED) is 0.780. The molecule has 0 aromatic rings. The fourth-order valence-corrected chi connectivity index (χ4v) is 2.99. The van der Waals surface area contributed by atoms with Crippen LogP contribution in [0, 0.1) is 5.41 Å². The van der Waals surface area contributed by atoms with Crippen molar-refractivity contribution < 1.29 is 13.2 Å². The summed E-state index contributed by atoms with van der Waals surface area (Å²) in [5.74, 6) is 0. The molecule has 0 aliphatic carbocycles. The molecule has 1 heterocycles. The average molecular weight is 235 g/mol. The van der Waals surface area contributed by atoms with Gasteiger partial charge in [-0.05, 0) is 25.3 Å². The van der Waals surface area contributed by atoms with E-state index in [-0.39, 0.29) is 16.8 Å². The highest BCUT2D eigenvalue weighted by Gasteiger charge is 2.36. The van der Waals surface area contributed by atoms with Crippen molar-refractivity contribution in [3.05, 3.63) is 0 Å². The van der Waals surface area contributed by atoms with E-state index in [0.29, 0.717) is 19.4 Å². The highest BCUT2D eigenvalue weighted by atomic mass is 32.2. The summed E-state index contributed by atoms with van der Waals surface area (Å²) in [5.41, 5.74) is 0.00192. The zero-order valence-electron chi connectivity index (χ0n) is 9.91. The molecule has 0 spiro atoms. The van der Waals surface area contributed by atoms with Crippen molar-refractivity contribution in [3.8, 4) is 0 Å². The Morgan fingerprint density at radius 2 is 1.93 bits per heavy atom. The maximum atomic E-state index is 11.7. The minimum atomic E-state index is -3.14. The standard InChI is InChI=1S/C10H21NO3S/c1-10(2,3)9-7-8(5-6-14-9)15(12,13)11-4/h8-9,11H,5-7H2,1-4H3. The fourth-order valence-electron chi connectivity index (χ4n) is 1.82. The molecule has 1 aliphatic rings. The molecule has 1 fully saturated rings. The van der Waals surface area contributed by atoms with Gasteiger partial charge >= 0.3 is 0 Å². The zero-order valence-corrected chi connectivity index (χ0v) is 10.7. The molecular weight excluding hydrogens is 214 g/mol. The highest BCUT2D eigenvalue weighted by molar-refractivity contribution is 7.90. The second kappa shape index (κ2) is 4.39. The Morgan fingerprint density at radius 1 is 1.33 bits per heavy atom. The van der Waals surface area contributed by atoms with E-state index in [0.717, 1.165) is 0 Å². The van der Waals surface area contributed by atoms with Crippen LogP contribution in [0.15, 0.2) is 0 Å². The average Bonchev–Trinajstić information content (AvgIpc) is 2.17. The van der Waals surface area contributed by atoms with Crippen LogP contribution in [-0.4, -0.2) is 33.4 Å². The van der Waals surface area contributed by atoms with E-state index in [1.807, 2.05) is 0 Å². The summed E-state index contributed by atoms with van der Waals surface area (Å²) >= 11 is 0. The number of hydrogen-bond acceptors (Lipinski definition) is 3. The summed E-state index contributed by atoms with van der Waals surface area (Å²) in [6.45, 7) is 6.76. The van der Waals surface area contributed by atoms with E-state index in [2.05, 4.69) is 25.5 Å². The number of rotatable bonds is 2. The summed E-state index contributed by atoms with van der Waals surface area (Å²) in [6, 6.07) is 0.